The van der Waals surface area contributed by atoms with Gasteiger partial charge in [0.25, 0.3) is 11.6 Å². The van der Waals surface area contributed by atoms with Crippen molar-refractivity contribution in [3.8, 4) is 0 Å². The molecule has 1 aliphatic heterocycles. The highest BCUT2D eigenvalue weighted by Crippen LogP contribution is 2.25. The first-order valence-corrected chi connectivity index (χ1v) is 7.05. The average Bonchev–Trinajstić information content (AvgIpc) is 2.80. The number of β-amino-alcohol motifs (C(OH)–C–C–N with tert-alkyl or cyclic N) is 1. The molecule has 1 aromatic rings. The standard InChI is InChI=1S/C12H11IN2O6/c13-9-2-1-6(15(20)21)3-8(9)11(17)14-5-7(16)4-10(14)12(18)19/h1-3,7,10,16H,4-5H2,(H,18,19)/t7-,10+/m1/s1. The highest BCUT2D eigenvalue weighted by Gasteiger charge is 2.39. The number of aliphatic carboxylic acids is 1. The lowest BCUT2D eigenvalue weighted by atomic mass is 10.1. The fourth-order valence-corrected chi connectivity index (χ4v) is 2.78. The van der Waals surface area contributed by atoms with Gasteiger partial charge >= 0.3 is 5.97 Å². The van der Waals surface area contributed by atoms with Gasteiger partial charge in [0.15, 0.2) is 0 Å². The van der Waals surface area contributed by atoms with Gasteiger partial charge in [0.1, 0.15) is 6.04 Å². The molecule has 21 heavy (non-hydrogen) atoms. The van der Waals surface area contributed by atoms with Crippen LogP contribution in [0.5, 0.6) is 0 Å². The second-order valence-corrected chi connectivity index (χ2v) is 5.78. The summed E-state index contributed by atoms with van der Waals surface area (Å²) in [6.07, 6.45) is -0.960. The predicted molar refractivity (Wildman–Crippen MR) is 78.9 cm³/mol. The lowest BCUT2D eigenvalue weighted by Crippen LogP contribution is -2.40. The molecule has 0 radical (unpaired) electrons. The third kappa shape index (κ3) is 3.13. The summed E-state index contributed by atoms with van der Waals surface area (Å²) in [6, 6.07) is 2.69. The molecule has 1 fully saturated rings. The van der Waals surface area contributed by atoms with E-state index in [-0.39, 0.29) is 24.2 Å². The molecule has 0 unspecified atom stereocenters. The fraction of sp³-hybridized carbons (Fsp3) is 0.333. The van der Waals surface area contributed by atoms with E-state index < -0.39 is 28.9 Å². The summed E-state index contributed by atoms with van der Waals surface area (Å²) in [7, 11) is 0. The maximum atomic E-state index is 12.4. The number of hydrogen-bond acceptors (Lipinski definition) is 5. The van der Waals surface area contributed by atoms with Gasteiger partial charge in [-0.05, 0) is 28.7 Å². The van der Waals surface area contributed by atoms with E-state index in [0.29, 0.717) is 3.57 Å². The van der Waals surface area contributed by atoms with Crippen molar-refractivity contribution in [2.24, 2.45) is 0 Å². The van der Waals surface area contributed by atoms with Crippen LogP contribution in [0.2, 0.25) is 0 Å². The highest BCUT2D eigenvalue weighted by molar-refractivity contribution is 14.1. The summed E-state index contributed by atoms with van der Waals surface area (Å²) in [4.78, 5) is 34.8. The molecule has 9 heteroatoms. The Morgan fingerprint density at radius 3 is 2.67 bits per heavy atom. The number of likely N-dealkylation sites (tertiary alicyclic amines) is 1. The minimum Gasteiger partial charge on any atom is -0.480 e. The molecule has 0 bridgehead atoms. The average molecular weight is 406 g/mol. The van der Waals surface area contributed by atoms with Crippen LogP contribution in [0.3, 0.4) is 0 Å². The van der Waals surface area contributed by atoms with E-state index in [0.717, 1.165) is 11.0 Å². The van der Waals surface area contributed by atoms with Crippen molar-refractivity contribution < 1.29 is 24.7 Å². The first-order chi connectivity index (χ1) is 9.81. The van der Waals surface area contributed by atoms with Gasteiger partial charge < -0.3 is 15.1 Å². The molecule has 0 saturated carbocycles. The normalized spacial score (nSPS) is 21.3. The molecule has 1 heterocycles. The van der Waals surface area contributed by atoms with E-state index in [1.54, 1.807) is 0 Å². The van der Waals surface area contributed by atoms with Crippen LogP contribution in [-0.2, 0) is 4.79 Å². The fourth-order valence-electron chi connectivity index (χ4n) is 2.22. The van der Waals surface area contributed by atoms with E-state index in [9.17, 15) is 24.8 Å². The second-order valence-electron chi connectivity index (χ2n) is 4.62. The van der Waals surface area contributed by atoms with Crippen molar-refractivity contribution in [2.45, 2.75) is 18.6 Å². The Labute approximate surface area is 132 Å². The highest BCUT2D eigenvalue weighted by atomic mass is 127. The van der Waals surface area contributed by atoms with Crippen LogP contribution < -0.4 is 0 Å². The Kier molecular flexibility index (Phi) is 4.42. The van der Waals surface area contributed by atoms with Crippen LogP contribution >= 0.6 is 22.6 Å². The number of carbonyl (C=O) groups excluding carboxylic acids is 1. The van der Waals surface area contributed by atoms with Crippen LogP contribution in [0.15, 0.2) is 18.2 Å². The molecule has 1 amide bonds. The number of carboxylic acids is 1. The van der Waals surface area contributed by atoms with E-state index in [2.05, 4.69) is 0 Å². The van der Waals surface area contributed by atoms with Crippen molar-refractivity contribution in [3.63, 3.8) is 0 Å². The summed E-state index contributed by atoms with van der Waals surface area (Å²) in [5.74, 6) is -1.84. The SMILES string of the molecule is O=C(O)[C@@H]1C[C@@H](O)CN1C(=O)c1cc([N+](=O)[O-])ccc1I. The number of hydrogen-bond donors (Lipinski definition) is 2. The van der Waals surface area contributed by atoms with Crippen LogP contribution in [-0.4, -0.2) is 50.6 Å². The second kappa shape index (κ2) is 5.93. The molecule has 2 atom stereocenters. The predicted octanol–water partition coefficient (Wildman–Crippen LogP) is 0.859. The monoisotopic (exact) mass is 406 g/mol. The van der Waals surface area contributed by atoms with E-state index in [1.165, 1.54) is 12.1 Å². The van der Waals surface area contributed by atoms with Gasteiger partial charge in [-0.1, -0.05) is 0 Å². The molecule has 0 aliphatic carbocycles. The molecular weight excluding hydrogens is 395 g/mol. The van der Waals surface area contributed by atoms with Gasteiger partial charge in [-0.3, -0.25) is 14.9 Å². The summed E-state index contributed by atoms with van der Waals surface area (Å²) < 4.78 is 0.480. The zero-order valence-corrected chi connectivity index (χ0v) is 12.8. The van der Waals surface area contributed by atoms with Crippen molar-refractivity contribution in [2.75, 3.05) is 6.54 Å². The first kappa shape index (κ1) is 15.6. The molecule has 8 nitrogen and oxygen atoms in total. The Balaban J connectivity index is 2.37. The zero-order valence-electron chi connectivity index (χ0n) is 10.6. The van der Waals surface area contributed by atoms with Crippen molar-refractivity contribution in [1.29, 1.82) is 0 Å². The van der Waals surface area contributed by atoms with Gasteiger partial charge in [-0.15, -0.1) is 0 Å². The largest absolute Gasteiger partial charge is 0.480 e. The van der Waals surface area contributed by atoms with Crippen LogP contribution in [0.4, 0.5) is 5.69 Å². The van der Waals surface area contributed by atoms with Gasteiger partial charge in [0.2, 0.25) is 0 Å². The molecule has 112 valence electrons. The molecule has 0 spiro atoms. The summed E-state index contributed by atoms with van der Waals surface area (Å²) in [5, 5.41) is 29.4. The molecule has 1 saturated heterocycles. The van der Waals surface area contributed by atoms with Gasteiger partial charge in [0.05, 0.1) is 16.6 Å². The lowest BCUT2D eigenvalue weighted by molar-refractivity contribution is -0.384. The number of benzene rings is 1. The van der Waals surface area contributed by atoms with Gasteiger partial charge in [-0.2, -0.15) is 0 Å². The maximum absolute atomic E-state index is 12.4. The van der Waals surface area contributed by atoms with Crippen molar-refractivity contribution in [3.05, 3.63) is 37.4 Å². The van der Waals surface area contributed by atoms with E-state index in [1.807, 2.05) is 22.6 Å². The van der Waals surface area contributed by atoms with Crippen molar-refractivity contribution in [1.82, 2.24) is 4.90 Å². The third-order valence-electron chi connectivity index (χ3n) is 3.22. The lowest BCUT2D eigenvalue weighted by Gasteiger charge is -2.21. The van der Waals surface area contributed by atoms with Crippen LogP contribution in [0.1, 0.15) is 16.8 Å². The number of aliphatic hydroxyl groups is 1. The molecule has 2 N–H and O–H groups in total. The number of aliphatic hydroxyl groups excluding tert-OH is 1. The third-order valence-corrected chi connectivity index (χ3v) is 4.16. The summed E-state index contributed by atoms with van der Waals surface area (Å²) in [5.41, 5.74) is -0.185. The van der Waals surface area contributed by atoms with E-state index in [4.69, 9.17) is 5.11 Å². The Morgan fingerprint density at radius 2 is 2.10 bits per heavy atom. The number of carbonyl (C=O) groups is 2. The minimum atomic E-state index is -1.21. The number of halogens is 1. The molecule has 1 aromatic carbocycles. The quantitative estimate of drug-likeness (QED) is 0.437. The molecule has 2 rings (SSSR count). The minimum absolute atomic E-state index is 0.0490. The first-order valence-electron chi connectivity index (χ1n) is 5.97. The van der Waals surface area contributed by atoms with E-state index >= 15 is 0 Å². The number of nitro benzene ring substituents is 1. The molecular formula is C12H11IN2O6. The van der Waals surface area contributed by atoms with Gasteiger partial charge in [0, 0.05) is 28.7 Å². The Hall–Kier alpha value is -1.75. The van der Waals surface area contributed by atoms with Gasteiger partial charge in [-0.25, -0.2) is 4.79 Å². The number of carboxylic acid groups (broad SMARTS) is 1. The number of amides is 1. The maximum Gasteiger partial charge on any atom is 0.326 e. The number of rotatable bonds is 3. The topological polar surface area (TPSA) is 121 Å². The van der Waals surface area contributed by atoms with Crippen LogP contribution in [0, 0.1) is 13.7 Å². The number of nitrogens with zero attached hydrogens (tertiary/aromatic N) is 2. The molecule has 0 aromatic heterocycles. The smallest absolute Gasteiger partial charge is 0.326 e. The van der Waals surface area contributed by atoms with Crippen LogP contribution in [0.25, 0.3) is 0 Å². The summed E-state index contributed by atoms with van der Waals surface area (Å²) in [6.45, 7) is -0.103. The summed E-state index contributed by atoms with van der Waals surface area (Å²) >= 11 is 1.85. The Bertz CT molecular complexity index is 620. The van der Waals surface area contributed by atoms with Crippen molar-refractivity contribution >= 4 is 40.2 Å². The number of non-ortho nitro benzene ring substituents is 1. The molecule has 1 aliphatic rings. The Morgan fingerprint density at radius 1 is 1.43 bits per heavy atom. The zero-order chi connectivity index (χ0) is 15.7. The number of nitro groups is 1.